The van der Waals surface area contributed by atoms with Gasteiger partial charge in [0.25, 0.3) is 0 Å². The Bertz CT molecular complexity index is 264. The van der Waals surface area contributed by atoms with E-state index in [9.17, 15) is 0 Å². The monoisotopic (exact) mass is 178 g/mol. The Balaban J connectivity index is 3.11. The summed E-state index contributed by atoms with van der Waals surface area (Å²) in [7, 11) is 0. The van der Waals surface area contributed by atoms with Crippen molar-refractivity contribution in [2.45, 2.75) is 39.5 Å². The lowest BCUT2D eigenvalue weighted by Crippen LogP contribution is -2.01. The van der Waals surface area contributed by atoms with Gasteiger partial charge in [0.1, 0.15) is 0 Å². The van der Waals surface area contributed by atoms with Gasteiger partial charge in [0.15, 0.2) is 0 Å². The van der Waals surface area contributed by atoms with Crippen molar-refractivity contribution in [3.63, 3.8) is 0 Å². The maximum Gasteiger partial charge on any atom is 0.0452 e. The first kappa shape index (κ1) is 10.0. The van der Waals surface area contributed by atoms with Crippen molar-refractivity contribution in [2.75, 3.05) is 5.73 Å². The summed E-state index contributed by atoms with van der Waals surface area (Å²) in [5.74, 6) is 0.891. The van der Waals surface area contributed by atoms with Gasteiger partial charge < -0.3 is 5.73 Å². The molecule has 0 aromatic carbocycles. The predicted octanol–water partition coefficient (Wildman–Crippen LogP) is 2.91. The van der Waals surface area contributed by atoms with Gasteiger partial charge in [-0.2, -0.15) is 0 Å². The standard InChI is InChI=1S/C11H18N2/c1-7(2)10-5-9(12)6-11(13-10)8(3)4/h5-8H,1-4H3,(H2,12,13). The molecule has 2 heteroatoms. The van der Waals surface area contributed by atoms with Crippen LogP contribution in [-0.4, -0.2) is 4.98 Å². The third kappa shape index (κ3) is 2.44. The number of nitrogens with zero attached hydrogens (tertiary/aromatic N) is 1. The second kappa shape index (κ2) is 3.77. The lowest BCUT2D eigenvalue weighted by molar-refractivity contribution is 0.766. The van der Waals surface area contributed by atoms with E-state index in [-0.39, 0.29) is 0 Å². The molecule has 1 rings (SSSR count). The molecule has 1 aromatic rings. The summed E-state index contributed by atoms with van der Waals surface area (Å²) in [5.41, 5.74) is 8.79. The molecule has 0 atom stereocenters. The highest BCUT2D eigenvalue weighted by molar-refractivity contribution is 5.41. The van der Waals surface area contributed by atoms with Crippen molar-refractivity contribution < 1.29 is 0 Å². The summed E-state index contributed by atoms with van der Waals surface area (Å²) in [6, 6.07) is 3.91. The maximum atomic E-state index is 5.80. The van der Waals surface area contributed by atoms with Gasteiger partial charge in [-0.3, -0.25) is 4.98 Å². The van der Waals surface area contributed by atoms with Crippen molar-refractivity contribution >= 4 is 5.69 Å². The number of aromatic nitrogens is 1. The molecule has 1 heterocycles. The van der Waals surface area contributed by atoms with Crippen LogP contribution in [0.3, 0.4) is 0 Å². The molecule has 0 spiro atoms. The topological polar surface area (TPSA) is 38.9 Å². The second-order valence-electron chi connectivity index (χ2n) is 4.06. The van der Waals surface area contributed by atoms with Gasteiger partial charge in [0.05, 0.1) is 0 Å². The Hall–Kier alpha value is -1.05. The number of anilines is 1. The molecule has 0 fully saturated rings. The molecule has 0 unspecified atom stereocenters. The fourth-order valence-corrected chi connectivity index (χ4v) is 1.19. The first-order chi connectivity index (χ1) is 6.00. The van der Waals surface area contributed by atoms with Gasteiger partial charge in [-0.1, -0.05) is 27.7 Å². The first-order valence-corrected chi connectivity index (χ1v) is 4.78. The van der Waals surface area contributed by atoms with Crippen LogP contribution in [0.25, 0.3) is 0 Å². The number of pyridine rings is 1. The highest BCUT2D eigenvalue weighted by Crippen LogP contribution is 2.20. The number of nitrogen functional groups attached to an aromatic ring is 1. The molecule has 0 aliphatic heterocycles. The van der Waals surface area contributed by atoms with Crippen LogP contribution >= 0.6 is 0 Å². The van der Waals surface area contributed by atoms with E-state index in [1.165, 1.54) is 0 Å². The summed E-state index contributed by atoms with van der Waals surface area (Å²) in [6.45, 7) is 8.52. The van der Waals surface area contributed by atoms with Gasteiger partial charge in [0.2, 0.25) is 0 Å². The first-order valence-electron chi connectivity index (χ1n) is 4.78. The van der Waals surface area contributed by atoms with Crippen LogP contribution in [0.1, 0.15) is 50.9 Å². The smallest absolute Gasteiger partial charge is 0.0452 e. The SMILES string of the molecule is CC(C)c1cc(N)cc(C(C)C)n1. The van der Waals surface area contributed by atoms with Gasteiger partial charge >= 0.3 is 0 Å². The quantitative estimate of drug-likeness (QED) is 0.756. The van der Waals surface area contributed by atoms with Gasteiger partial charge in [-0.15, -0.1) is 0 Å². The maximum absolute atomic E-state index is 5.80. The highest BCUT2D eigenvalue weighted by atomic mass is 14.7. The molecule has 2 nitrogen and oxygen atoms in total. The third-order valence-corrected chi connectivity index (χ3v) is 2.07. The lowest BCUT2D eigenvalue weighted by Gasteiger charge is -2.10. The zero-order chi connectivity index (χ0) is 10.0. The Morgan fingerprint density at radius 2 is 1.38 bits per heavy atom. The number of hydrogen-bond donors (Lipinski definition) is 1. The van der Waals surface area contributed by atoms with E-state index >= 15 is 0 Å². The second-order valence-corrected chi connectivity index (χ2v) is 4.06. The molecule has 0 saturated heterocycles. The largest absolute Gasteiger partial charge is 0.399 e. The molecule has 0 radical (unpaired) electrons. The minimum atomic E-state index is 0.445. The Kier molecular flexibility index (Phi) is 2.91. The molecular weight excluding hydrogens is 160 g/mol. The van der Waals surface area contributed by atoms with Gasteiger partial charge in [-0.25, -0.2) is 0 Å². The van der Waals surface area contributed by atoms with Crippen molar-refractivity contribution in [1.29, 1.82) is 0 Å². The molecule has 0 amide bonds. The van der Waals surface area contributed by atoms with Crippen LogP contribution in [-0.2, 0) is 0 Å². The van der Waals surface area contributed by atoms with E-state index in [1.54, 1.807) is 0 Å². The molecule has 0 bridgehead atoms. The summed E-state index contributed by atoms with van der Waals surface area (Å²) < 4.78 is 0. The van der Waals surface area contributed by atoms with Crippen LogP contribution in [0.2, 0.25) is 0 Å². The van der Waals surface area contributed by atoms with Crippen LogP contribution in [0.4, 0.5) is 5.69 Å². The summed E-state index contributed by atoms with van der Waals surface area (Å²) in [6.07, 6.45) is 0. The van der Waals surface area contributed by atoms with Crippen LogP contribution in [0.15, 0.2) is 12.1 Å². The average Bonchev–Trinajstić information content (AvgIpc) is 2.03. The minimum absolute atomic E-state index is 0.445. The zero-order valence-corrected chi connectivity index (χ0v) is 8.83. The van der Waals surface area contributed by atoms with Crippen LogP contribution < -0.4 is 5.73 Å². The fourth-order valence-electron chi connectivity index (χ4n) is 1.19. The number of rotatable bonds is 2. The Labute approximate surface area is 80.2 Å². The summed E-state index contributed by atoms with van der Waals surface area (Å²) in [4.78, 5) is 4.55. The van der Waals surface area contributed by atoms with E-state index in [0.29, 0.717) is 11.8 Å². The molecule has 72 valence electrons. The van der Waals surface area contributed by atoms with E-state index in [0.717, 1.165) is 17.1 Å². The molecule has 1 aromatic heterocycles. The van der Waals surface area contributed by atoms with E-state index in [1.807, 2.05) is 12.1 Å². The molecule has 0 aliphatic rings. The fraction of sp³-hybridized carbons (Fsp3) is 0.545. The highest BCUT2D eigenvalue weighted by Gasteiger charge is 2.06. The molecular formula is C11H18N2. The Morgan fingerprint density at radius 3 is 1.69 bits per heavy atom. The van der Waals surface area contributed by atoms with Crippen molar-refractivity contribution in [3.05, 3.63) is 23.5 Å². The third-order valence-electron chi connectivity index (χ3n) is 2.07. The number of hydrogen-bond acceptors (Lipinski definition) is 2. The van der Waals surface area contributed by atoms with E-state index in [4.69, 9.17) is 5.73 Å². The van der Waals surface area contributed by atoms with Crippen LogP contribution in [0, 0.1) is 0 Å². The van der Waals surface area contributed by atoms with E-state index < -0.39 is 0 Å². The van der Waals surface area contributed by atoms with Crippen molar-refractivity contribution in [1.82, 2.24) is 4.98 Å². The molecule has 13 heavy (non-hydrogen) atoms. The minimum Gasteiger partial charge on any atom is -0.399 e. The van der Waals surface area contributed by atoms with Crippen molar-refractivity contribution in [2.24, 2.45) is 0 Å². The average molecular weight is 178 g/mol. The molecule has 0 aliphatic carbocycles. The molecule has 2 N–H and O–H groups in total. The van der Waals surface area contributed by atoms with Gasteiger partial charge in [0, 0.05) is 17.1 Å². The number of nitrogens with two attached hydrogens (primary N) is 1. The normalized spacial score (nSPS) is 11.2. The summed E-state index contributed by atoms with van der Waals surface area (Å²) >= 11 is 0. The molecule has 0 saturated carbocycles. The van der Waals surface area contributed by atoms with Gasteiger partial charge in [-0.05, 0) is 24.0 Å². The summed E-state index contributed by atoms with van der Waals surface area (Å²) in [5, 5.41) is 0. The van der Waals surface area contributed by atoms with Crippen LogP contribution in [0.5, 0.6) is 0 Å². The predicted molar refractivity (Wildman–Crippen MR) is 56.8 cm³/mol. The van der Waals surface area contributed by atoms with Crippen molar-refractivity contribution in [3.8, 4) is 0 Å². The van der Waals surface area contributed by atoms with E-state index in [2.05, 4.69) is 32.7 Å². The zero-order valence-electron chi connectivity index (χ0n) is 8.83. The lowest BCUT2D eigenvalue weighted by atomic mass is 10.1. The Morgan fingerprint density at radius 1 is 1.00 bits per heavy atom.